The smallest absolute Gasteiger partial charge is 0.253 e. The van der Waals surface area contributed by atoms with Crippen LogP contribution in [0, 0.1) is 13.8 Å². The molecule has 0 saturated heterocycles. The quantitative estimate of drug-likeness (QED) is 0.571. The number of aromatic nitrogens is 1. The third-order valence-corrected chi connectivity index (χ3v) is 6.17. The van der Waals surface area contributed by atoms with Crippen LogP contribution < -0.4 is 10.9 Å². The Kier molecular flexibility index (Phi) is 7.18. The number of nitrogens with one attached hydrogen (secondary N) is 2. The predicted octanol–water partition coefficient (Wildman–Crippen LogP) is 4.78. The maximum absolute atomic E-state index is 12.5. The third kappa shape index (κ3) is 5.75. The number of amides is 1. The molecule has 1 amide bonds. The fourth-order valence-corrected chi connectivity index (χ4v) is 4.39. The molecule has 29 heavy (non-hydrogen) atoms. The number of aromatic amines is 1. The van der Waals surface area contributed by atoms with Crippen molar-refractivity contribution in [3.05, 3.63) is 104 Å². The Bertz CT molecular complexity index is 1030. The van der Waals surface area contributed by atoms with Gasteiger partial charge in [-0.15, -0.1) is 11.8 Å². The summed E-state index contributed by atoms with van der Waals surface area (Å²) in [5.41, 5.74) is 4.34. The van der Waals surface area contributed by atoms with E-state index in [-0.39, 0.29) is 29.0 Å². The lowest BCUT2D eigenvalue weighted by Gasteiger charge is -2.18. The van der Waals surface area contributed by atoms with E-state index in [2.05, 4.69) is 22.4 Å². The molecule has 2 aromatic carbocycles. The lowest BCUT2D eigenvalue weighted by Crippen LogP contribution is -2.29. The Labute approximate surface area is 179 Å². The second-order valence-electron chi connectivity index (χ2n) is 6.87. The number of thioether (sulfide) groups is 1. The maximum Gasteiger partial charge on any atom is 0.253 e. The van der Waals surface area contributed by atoms with Crippen LogP contribution in [0.4, 0.5) is 0 Å². The van der Waals surface area contributed by atoms with Gasteiger partial charge in [-0.25, -0.2) is 0 Å². The lowest BCUT2D eigenvalue weighted by molar-refractivity contribution is -0.118. The molecule has 1 atom stereocenters. The number of carbonyl (C=O) groups is 1. The molecular weight excluding hydrogens is 404 g/mol. The minimum Gasteiger partial charge on any atom is -0.351 e. The summed E-state index contributed by atoms with van der Waals surface area (Å²) in [6.45, 7) is 3.94. The molecule has 1 unspecified atom stereocenters. The van der Waals surface area contributed by atoms with E-state index in [4.69, 9.17) is 11.6 Å². The van der Waals surface area contributed by atoms with Crippen LogP contribution in [0.25, 0.3) is 0 Å². The molecule has 0 bridgehead atoms. The van der Waals surface area contributed by atoms with Gasteiger partial charge in [0.25, 0.3) is 5.56 Å². The molecule has 2 N–H and O–H groups in total. The zero-order valence-electron chi connectivity index (χ0n) is 16.4. The van der Waals surface area contributed by atoms with Crippen LogP contribution in [0.3, 0.4) is 0 Å². The number of hydrogen-bond acceptors (Lipinski definition) is 3. The highest BCUT2D eigenvalue weighted by Crippen LogP contribution is 2.35. The highest BCUT2D eigenvalue weighted by Gasteiger charge is 2.17. The molecule has 0 saturated carbocycles. The van der Waals surface area contributed by atoms with E-state index in [9.17, 15) is 9.59 Å². The van der Waals surface area contributed by atoms with Gasteiger partial charge in [0.1, 0.15) is 0 Å². The SMILES string of the molecule is Cc1cc(C)c(CNC(=O)CSC(c2ccccc2)c2ccc(Cl)cc2)c(=O)[nH]1. The van der Waals surface area contributed by atoms with Gasteiger partial charge in [-0.2, -0.15) is 0 Å². The second-order valence-corrected chi connectivity index (χ2v) is 8.40. The Morgan fingerprint density at radius 1 is 1.07 bits per heavy atom. The molecule has 6 heteroatoms. The molecule has 0 aliphatic carbocycles. The number of halogens is 1. The summed E-state index contributed by atoms with van der Waals surface area (Å²) in [6, 6.07) is 19.7. The number of aryl methyl sites for hydroxylation is 2. The van der Waals surface area contributed by atoms with Gasteiger partial charge in [-0.3, -0.25) is 9.59 Å². The van der Waals surface area contributed by atoms with Crippen LogP contribution in [0.1, 0.15) is 33.2 Å². The Morgan fingerprint density at radius 2 is 1.72 bits per heavy atom. The van der Waals surface area contributed by atoms with E-state index in [1.54, 1.807) is 11.8 Å². The van der Waals surface area contributed by atoms with Gasteiger partial charge in [0.2, 0.25) is 5.91 Å². The minimum atomic E-state index is -0.154. The molecule has 0 aliphatic heterocycles. The summed E-state index contributed by atoms with van der Waals surface area (Å²) in [4.78, 5) is 27.4. The van der Waals surface area contributed by atoms with E-state index in [1.807, 2.05) is 62.4 Å². The summed E-state index contributed by atoms with van der Waals surface area (Å²) in [6.07, 6.45) is 0. The van der Waals surface area contributed by atoms with Crippen LogP contribution in [-0.4, -0.2) is 16.6 Å². The third-order valence-electron chi connectivity index (χ3n) is 4.61. The summed E-state index contributed by atoms with van der Waals surface area (Å²) in [5.74, 6) is 0.176. The monoisotopic (exact) mass is 426 g/mol. The van der Waals surface area contributed by atoms with Crippen molar-refractivity contribution < 1.29 is 4.79 Å². The van der Waals surface area contributed by atoms with Crippen molar-refractivity contribution in [2.75, 3.05) is 5.75 Å². The van der Waals surface area contributed by atoms with Gasteiger partial charge in [-0.1, -0.05) is 54.1 Å². The normalized spacial score (nSPS) is 11.8. The molecule has 4 nitrogen and oxygen atoms in total. The van der Waals surface area contributed by atoms with Crippen LogP contribution in [-0.2, 0) is 11.3 Å². The van der Waals surface area contributed by atoms with Crippen LogP contribution in [0.2, 0.25) is 5.02 Å². The Hall–Kier alpha value is -2.50. The van der Waals surface area contributed by atoms with Crippen molar-refractivity contribution >= 4 is 29.3 Å². The zero-order valence-corrected chi connectivity index (χ0v) is 17.9. The Balaban J connectivity index is 1.67. The van der Waals surface area contributed by atoms with Crippen LogP contribution >= 0.6 is 23.4 Å². The molecule has 3 rings (SSSR count). The second kappa shape index (κ2) is 9.81. The number of carbonyl (C=O) groups excluding carboxylic acids is 1. The standard InChI is InChI=1S/C23H23ClN2O2S/c1-15-12-16(2)26-23(28)20(15)13-25-21(27)14-29-22(17-6-4-3-5-7-17)18-8-10-19(24)11-9-18/h3-12,22H,13-14H2,1-2H3,(H,25,27)(H,26,28). The van der Waals surface area contributed by atoms with Gasteiger partial charge in [0.15, 0.2) is 0 Å². The zero-order chi connectivity index (χ0) is 20.8. The van der Waals surface area contributed by atoms with Crippen molar-refractivity contribution in [2.24, 2.45) is 0 Å². The largest absolute Gasteiger partial charge is 0.351 e. The van der Waals surface area contributed by atoms with E-state index in [0.29, 0.717) is 10.6 Å². The molecule has 3 aromatic rings. The molecule has 1 aromatic heterocycles. The molecule has 0 aliphatic rings. The van der Waals surface area contributed by atoms with E-state index < -0.39 is 0 Å². The molecular formula is C23H23ClN2O2S. The summed E-state index contributed by atoms with van der Waals surface area (Å²) >= 11 is 7.57. The van der Waals surface area contributed by atoms with Crippen molar-refractivity contribution in [1.29, 1.82) is 0 Å². The van der Waals surface area contributed by atoms with Crippen molar-refractivity contribution in [3.8, 4) is 0 Å². The Morgan fingerprint density at radius 3 is 2.38 bits per heavy atom. The van der Waals surface area contributed by atoms with Crippen molar-refractivity contribution in [1.82, 2.24) is 10.3 Å². The number of benzene rings is 2. The first-order chi connectivity index (χ1) is 13.9. The first-order valence-corrected chi connectivity index (χ1v) is 10.7. The van der Waals surface area contributed by atoms with Crippen molar-refractivity contribution in [3.63, 3.8) is 0 Å². The molecule has 0 fully saturated rings. The van der Waals surface area contributed by atoms with E-state index in [1.165, 1.54) is 0 Å². The fraction of sp³-hybridized carbons (Fsp3) is 0.217. The van der Waals surface area contributed by atoms with Gasteiger partial charge >= 0.3 is 0 Å². The van der Waals surface area contributed by atoms with E-state index in [0.717, 1.165) is 22.4 Å². The highest BCUT2D eigenvalue weighted by atomic mass is 35.5. The molecule has 150 valence electrons. The average molecular weight is 427 g/mol. The number of hydrogen-bond donors (Lipinski definition) is 2. The number of rotatable bonds is 7. The first-order valence-electron chi connectivity index (χ1n) is 9.32. The highest BCUT2D eigenvalue weighted by molar-refractivity contribution is 8.00. The lowest BCUT2D eigenvalue weighted by atomic mass is 10.0. The van der Waals surface area contributed by atoms with Crippen LogP contribution in [0.5, 0.6) is 0 Å². The summed E-state index contributed by atoms with van der Waals surface area (Å²) < 4.78 is 0. The van der Waals surface area contributed by atoms with Gasteiger partial charge in [0, 0.05) is 22.8 Å². The molecule has 0 radical (unpaired) electrons. The predicted molar refractivity (Wildman–Crippen MR) is 121 cm³/mol. The van der Waals surface area contributed by atoms with Crippen molar-refractivity contribution in [2.45, 2.75) is 25.6 Å². The van der Waals surface area contributed by atoms with Gasteiger partial charge < -0.3 is 10.3 Å². The minimum absolute atomic E-state index is 0.0173. The van der Waals surface area contributed by atoms with Gasteiger partial charge in [-0.05, 0) is 48.7 Å². The summed E-state index contributed by atoms with van der Waals surface area (Å²) in [5, 5.41) is 3.57. The maximum atomic E-state index is 12.5. The molecule has 0 spiro atoms. The van der Waals surface area contributed by atoms with Crippen LogP contribution in [0.15, 0.2) is 65.5 Å². The number of H-pyrrole nitrogens is 1. The first kappa shape index (κ1) is 21.2. The fourth-order valence-electron chi connectivity index (χ4n) is 3.15. The topological polar surface area (TPSA) is 62.0 Å². The average Bonchev–Trinajstić information content (AvgIpc) is 2.69. The number of pyridine rings is 1. The van der Waals surface area contributed by atoms with Gasteiger partial charge in [0.05, 0.1) is 11.0 Å². The van der Waals surface area contributed by atoms with E-state index >= 15 is 0 Å². The summed E-state index contributed by atoms with van der Waals surface area (Å²) in [7, 11) is 0. The molecule has 1 heterocycles.